The van der Waals surface area contributed by atoms with Gasteiger partial charge in [0.1, 0.15) is 5.75 Å². The van der Waals surface area contributed by atoms with E-state index in [-0.39, 0.29) is 4.90 Å². The monoisotopic (exact) mass is 258 g/mol. The number of thioether (sulfide) groups is 1. The van der Waals surface area contributed by atoms with E-state index in [1.165, 1.54) is 0 Å². The Bertz CT molecular complexity index is 363. The van der Waals surface area contributed by atoms with Gasteiger partial charge in [0.05, 0.1) is 0 Å². The summed E-state index contributed by atoms with van der Waals surface area (Å²) < 4.78 is 64.0. The lowest BCUT2D eigenvalue weighted by Crippen LogP contribution is -2.17. The molecule has 90 valence electrons. The predicted molar refractivity (Wildman–Crippen MR) is 49.9 cm³/mol. The Morgan fingerprint density at radius 1 is 1.19 bits per heavy atom. The van der Waals surface area contributed by atoms with Gasteiger partial charge in [-0.05, 0) is 24.5 Å². The highest BCUT2D eigenvalue weighted by Gasteiger charge is 2.31. The molecule has 0 N–H and O–H groups in total. The average molecular weight is 258 g/mol. The van der Waals surface area contributed by atoms with E-state index in [0.717, 1.165) is 23.9 Å². The lowest BCUT2D eigenvalue weighted by atomic mass is 10.2. The van der Waals surface area contributed by atoms with Gasteiger partial charge in [0.15, 0.2) is 0 Å². The van der Waals surface area contributed by atoms with Gasteiger partial charge in [-0.1, -0.05) is 0 Å². The number of ether oxygens (including phenoxy) is 1. The molecule has 0 atom stereocenters. The van der Waals surface area contributed by atoms with Gasteiger partial charge in [0.2, 0.25) is 0 Å². The smallest absolute Gasteiger partial charge is 0.406 e. The number of benzene rings is 1. The van der Waals surface area contributed by atoms with Gasteiger partial charge < -0.3 is 4.74 Å². The van der Waals surface area contributed by atoms with Crippen molar-refractivity contribution >= 4 is 11.8 Å². The van der Waals surface area contributed by atoms with Crippen LogP contribution in [0.15, 0.2) is 23.1 Å². The van der Waals surface area contributed by atoms with Gasteiger partial charge >= 0.3 is 6.36 Å². The van der Waals surface area contributed by atoms with Crippen LogP contribution in [0.2, 0.25) is 0 Å². The van der Waals surface area contributed by atoms with Crippen molar-refractivity contribution in [2.75, 3.05) is 6.26 Å². The fourth-order valence-electron chi connectivity index (χ4n) is 1.03. The number of rotatable bonds is 3. The molecule has 0 unspecified atom stereocenters. The zero-order valence-corrected chi connectivity index (χ0v) is 8.83. The van der Waals surface area contributed by atoms with Crippen molar-refractivity contribution in [2.24, 2.45) is 0 Å². The highest BCUT2D eigenvalue weighted by atomic mass is 32.2. The van der Waals surface area contributed by atoms with Gasteiger partial charge in [-0.3, -0.25) is 0 Å². The maximum absolute atomic E-state index is 12.4. The van der Waals surface area contributed by atoms with Crippen LogP contribution in [0, 0.1) is 0 Å². The van der Waals surface area contributed by atoms with Crippen molar-refractivity contribution in [3.05, 3.63) is 23.8 Å². The number of hydrogen-bond acceptors (Lipinski definition) is 2. The molecular weight excluding hydrogens is 251 g/mol. The molecule has 7 heteroatoms. The first-order chi connectivity index (χ1) is 7.31. The zero-order valence-electron chi connectivity index (χ0n) is 8.02. The summed E-state index contributed by atoms with van der Waals surface area (Å²) in [6, 6.07) is 2.86. The normalized spacial score (nSPS) is 11.9. The molecule has 0 saturated carbocycles. The van der Waals surface area contributed by atoms with E-state index in [2.05, 4.69) is 4.74 Å². The largest absolute Gasteiger partial charge is 0.573 e. The quantitative estimate of drug-likeness (QED) is 0.592. The minimum absolute atomic E-state index is 0.289. The minimum Gasteiger partial charge on any atom is -0.406 e. The molecule has 0 aliphatic heterocycles. The Balaban J connectivity index is 3.04. The number of alkyl halides is 5. The Hall–Kier alpha value is -0.980. The SMILES string of the molecule is CSc1cc(OC(F)(F)F)cc(C(F)F)c1. The summed E-state index contributed by atoms with van der Waals surface area (Å²) in [5.74, 6) is -0.630. The molecule has 0 aliphatic rings. The third-order valence-electron chi connectivity index (χ3n) is 1.62. The van der Waals surface area contributed by atoms with Gasteiger partial charge in [-0.15, -0.1) is 24.9 Å². The maximum Gasteiger partial charge on any atom is 0.573 e. The van der Waals surface area contributed by atoms with E-state index < -0.39 is 24.1 Å². The Labute approximate surface area is 92.6 Å². The highest BCUT2D eigenvalue weighted by molar-refractivity contribution is 7.98. The van der Waals surface area contributed by atoms with Gasteiger partial charge in [-0.25, -0.2) is 8.78 Å². The molecule has 0 fully saturated rings. The van der Waals surface area contributed by atoms with E-state index in [1.807, 2.05) is 0 Å². The van der Waals surface area contributed by atoms with Crippen LogP contribution in [-0.2, 0) is 0 Å². The summed E-state index contributed by atoms with van der Waals surface area (Å²) in [6.07, 6.45) is -6.14. The van der Waals surface area contributed by atoms with Crippen molar-refractivity contribution < 1.29 is 26.7 Å². The lowest BCUT2D eigenvalue weighted by molar-refractivity contribution is -0.274. The molecule has 0 amide bonds. The van der Waals surface area contributed by atoms with Gasteiger partial charge in [0, 0.05) is 10.5 Å². The minimum atomic E-state index is -4.88. The van der Waals surface area contributed by atoms with E-state index in [1.54, 1.807) is 6.26 Å². The summed E-state index contributed by atoms with van der Waals surface area (Å²) in [7, 11) is 0. The first-order valence-corrected chi connectivity index (χ1v) is 5.27. The van der Waals surface area contributed by atoms with Crippen molar-refractivity contribution in [2.45, 2.75) is 17.7 Å². The molecule has 0 heterocycles. The van der Waals surface area contributed by atoms with Crippen LogP contribution < -0.4 is 4.74 Å². The maximum atomic E-state index is 12.4. The zero-order chi connectivity index (χ0) is 12.3. The number of hydrogen-bond donors (Lipinski definition) is 0. The van der Waals surface area contributed by atoms with Crippen molar-refractivity contribution in [3.8, 4) is 5.75 Å². The summed E-state index contributed by atoms with van der Waals surface area (Å²) >= 11 is 1.06. The second kappa shape index (κ2) is 4.90. The summed E-state index contributed by atoms with van der Waals surface area (Å²) in [5.41, 5.74) is -0.494. The topological polar surface area (TPSA) is 9.23 Å². The van der Waals surface area contributed by atoms with E-state index in [9.17, 15) is 22.0 Å². The summed E-state index contributed by atoms with van der Waals surface area (Å²) in [6.45, 7) is 0. The van der Waals surface area contributed by atoms with Gasteiger partial charge in [-0.2, -0.15) is 0 Å². The molecule has 0 bridgehead atoms. The molecule has 0 spiro atoms. The van der Waals surface area contributed by atoms with Crippen LogP contribution >= 0.6 is 11.8 Å². The molecule has 1 nitrogen and oxygen atoms in total. The predicted octanol–water partition coefficient (Wildman–Crippen LogP) is 4.24. The van der Waals surface area contributed by atoms with Crippen LogP contribution in [0.3, 0.4) is 0 Å². The fourth-order valence-corrected chi connectivity index (χ4v) is 1.52. The summed E-state index contributed by atoms with van der Waals surface area (Å²) in [5, 5.41) is 0. The van der Waals surface area contributed by atoms with Crippen LogP contribution in [-0.4, -0.2) is 12.6 Å². The van der Waals surface area contributed by atoms with E-state index >= 15 is 0 Å². The first kappa shape index (κ1) is 13.1. The third-order valence-corrected chi connectivity index (χ3v) is 2.33. The number of halogens is 5. The molecule has 0 aliphatic carbocycles. The van der Waals surface area contributed by atoms with E-state index in [0.29, 0.717) is 6.07 Å². The Morgan fingerprint density at radius 2 is 1.81 bits per heavy atom. The molecule has 0 radical (unpaired) electrons. The first-order valence-electron chi connectivity index (χ1n) is 4.04. The van der Waals surface area contributed by atoms with Crippen molar-refractivity contribution in [1.29, 1.82) is 0 Å². The van der Waals surface area contributed by atoms with Crippen LogP contribution in [0.4, 0.5) is 22.0 Å². The highest BCUT2D eigenvalue weighted by Crippen LogP contribution is 2.32. The second-order valence-corrected chi connectivity index (χ2v) is 3.67. The van der Waals surface area contributed by atoms with Crippen LogP contribution in [0.25, 0.3) is 0 Å². The molecule has 1 aromatic rings. The molecular formula is C9H7F5OS. The average Bonchev–Trinajstić information content (AvgIpc) is 2.14. The molecule has 16 heavy (non-hydrogen) atoms. The van der Waals surface area contributed by atoms with Crippen LogP contribution in [0.5, 0.6) is 5.75 Å². The van der Waals surface area contributed by atoms with Gasteiger partial charge in [0.25, 0.3) is 6.43 Å². The fraction of sp³-hybridized carbons (Fsp3) is 0.333. The van der Waals surface area contributed by atoms with Crippen molar-refractivity contribution in [1.82, 2.24) is 0 Å². The van der Waals surface area contributed by atoms with Crippen molar-refractivity contribution in [3.63, 3.8) is 0 Å². The molecule has 1 rings (SSSR count). The summed E-state index contributed by atoms with van der Waals surface area (Å²) in [4.78, 5) is 0.289. The Morgan fingerprint density at radius 3 is 2.25 bits per heavy atom. The second-order valence-electron chi connectivity index (χ2n) is 2.79. The third kappa shape index (κ3) is 3.88. The standard InChI is InChI=1S/C9H7F5OS/c1-16-7-3-5(8(10)11)2-6(4-7)15-9(12,13)14/h2-4,8H,1H3. The Kier molecular flexibility index (Phi) is 4.01. The molecule has 0 aromatic heterocycles. The molecule has 0 saturated heterocycles. The molecule has 1 aromatic carbocycles. The van der Waals surface area contributed by atoms with Crippen LogP contribution in [0.1, 0.15) is 12.0 Å². The lowest BCUT2D eigenvalue weighted by Gasteiger charge is -2.11. The van der Waals surface area contributed by atoms with E-state index in [4.69, 9.17) is 0 Å².